The van der Waals surface area contributed by atoms with Gasteiger partial charge in [-0.25, -0.2) is 0 Å². The van der Waals surface area contributed by atoms with Crippen molar-refractivity contribution in [1.82, 2.24) is 14.7 Å². The molecule has 0 spiro atoms. The number of aliphatic hydroxyl groups excluding tert-OH is 2. The highest BCUT2D eigenvalue weighted by molar-refractivity contribution is 5.83. The number of fused-ring (bicyclic) bond motifs is 9. The second-order valence-electron chi connectivity index (χ2n) is 21.9. The number of rotatable bonds is 12. The maximum Gasteiger partial charge on any atom is 0.161 e. The van der Waals surface area contributed by atoms with Gasteiger partial charge in [0.25, 0.3) is 0 Å². The van der Waals surface area contributed by atoms with Crippen LogP contribution < -0.4 is 28.4 Å². The molecule has 12 heteroatoms. The van der Waals surface area contributed by atoms with Crippen molar-refractivity contribution < 1.29 is 43.4 Å². The van der Waals surface area contributed by atoms with Crippen LogP contribution in [0.15, 0.2) is 36.4 Å². The van der Waals surface area contributed by atoms with Crippen molar-refractivity contribution >= 4 is 5.78 Å². The second kappa shape index (κ2) is 30.8. The largest absolute Gasteiger partial charge is 0.493 e. The Hall–Kier alpha value is -4.07. The van der Waals surface area contributed by atoms with E-state index < -0.39 is 0 Å². The molecule has 430 valence electrons. The molecule has 6 aliphatic rings. The van der Waals surface area contributed by atoms with E-state index in [-0.39, 0.29) is 68.7 Å². The molecular formula is C63H109N3O9. The van der Waals surface area contributed by atoms with Crippen molar-refractivity contribution in [2.75, 3.05) is 81.9 Å². The van der Waals surface area contributed by atoms with E-state index >= 15 is 0 Å². The molecule has 75 heavy (non-hydrogen) atoms. The van der Waals surface area contributed by atoms with E-state index in [9.17, 15) is 15.0 Å². The summed E-state index contributed by atoms with van der Waals surface area (Å²) in [5.74, 6) is 7.95. The Labute approximate surface area is 458 Å². The number of piperidine rings is 3. The van der Waals surface area contributed by atoms with E-state index in [0.29, 0.717) is 53.9 Å². The monoisotopic (exact) mass is 1050 g/mol. The summed E-state index contributed by atoms with van der Waals surface area (Å²) in [5.41, 5.74) is 7.80. The lowest BCUT2D eigenvalue weighted by Gasteiger charge is -2.46. The van der Waals surface area contributed by atoms with Gasteiger partial charge in [0.1, 0.15) is 5.78 Å². The first-order chi connectivity index (χ1) is 33.1. The van der Waals surface area contributed by atoms with Crippen LogP contribution in [-0.2, 0) is 24.1 Å². The lowest BCUT2D eigenvalue weighted by atomic mass is 9.79. The van der Waals surface area contributed by atoms with E-state index in [1.54, 1.807) is 42.7 Å². The molecule has 0 saturated carbocycles. The summed E-state index contributed by atoms with van der Waals surface area (Å²) in [6.07, 6.45) is 8.13. The van der Waals surface area contributed by atoms with Crippen molar-refractivity contribution in [1.29, 1.82) is 0 Å². The maximum atomic E-state index is 12.6. The van der Waals surface area contributed by atoms with Crippen LogP contribution in [0.1, 0.15) is 176 Å². The van der Waals surface area contributed by atoms with Crippen molar-refractivity contribution in [3.63, 3.8) is 0 Å². The number of hydrogen-bond donors (Lipinski definition) is 2. The highest BCUT2D eigenvalue weighted by atomic mass is 16.5. The summed E-state index contributed by atoms with van der Waals surface area (Å²) in [6, 6.07) is 13.4. The van der Waals surface area contributed by atoms with Gasteiger partial charge in [-0.3, -0.25) is 19.5 Å². The molecule has 3 fully saturated rings. The average Bonchev–Trinajstić information content (AvgIpc) is 3.33. The van der Waals surface area contributed by atoms with Gasteiger partial charge in [-0.05, 0) is 151 Å². The van der Waals surface area contributed by atoms with Gasteiger partial charge in [-0.15, -0.1) is 0 Å². The molecule has 2 N–H and O–H groups in total. The molecule has 9 rings (SSSR count). The van der Waals surface area contributed by atoms with Crippen LogP contribution in [0.25, 0.3) is 0 Å². The third-order valence-electron chi connectivity index (χ3n) is 15.9. The molecule has 5 unspecified atom stereocenters. The van der Waals surface area contributed by atoms with Crippen molar-refractivity contribution in [3.8, 4) is 34.5 Å². The number of Topliss-reactive ketones (excluding diaryl/α,β-unsaturated/α-hetero) is 1. The SMILES string of the molecule is C.C.C.C.C.C.COc1cc2c(cc1OC)C1CC(=O)C(CC(C)C)CN1CC2.COc1cc2c(cc1OC)C1CC(O)C(CC(C)C)CN1CC2.COc1cc2c(cc1OC)[C@H]1C[C@H](O)[C@H](CC(C)C)CN1CC2. The van der Waals surface area contributed by atoms with Gasteiger partial charge in [-0.2, -0.15) is 0 Å². The number of hydrogen-bond acceptors (Lipinski definition) is 12. The predicted octanol–water partition coefficient (Wildman–Crippen LogP) is 13.1. The van der Waals surface area contributed by atoms with Gasteiger partial charge in [0.2, 0.25) is 0 Å². The molecule has 6 heterocycles. The van der Waals surface area contributed by atoms with E-state index in [1.807, 2.05) is 0 Å². The van der Waals surface area contributed by atoms with Crippen LogP contribution in [0, 0.1) is 35.5 Å². The summed E-state index contributed by atoms with van der Waals surface area (Å²) < 4.78 is 32.7. The Morgan fingerprint density at radius 1 is 0.453 bits per heavy atom. The van der Waals surface area contributed by atoms with Crippen molar-refractivity contribution in [2.45, 2.75) is 174 Å². The quantitative estimate of drug-likeness (QED) is 0.180. The molecule has 0 bridgehead atoms. The van der Waals surface area contributed by atoms with Gasteiger partial charge >= 0.3 is 0 Å². The molecule has 3 saturated heterocycles. The number of methoxy groups -OCH3 is 6. The third kappa shape index (κ3) is 15.8. The number of carbonyl (C=O) groups is 1. The summed E-state index contributed by atoms with van der Waals surface area (Å²) >= 11 is 0. The molecule has 0 aromatic heterocycles. The highest BCUT2D eigenvalue weighted by Gasteiger charge is 2.41. The van der Waals surface area contributed by atoms with Crippen LogP contribution in [0.4, 0.5) is 0 Å². The van der Waals surface area contributed by atoms with Gasteiger partial charge in [0, 0.05) is 69.7 Å². The molecule has 0 radical (unpaired) electrons. The molecule has 12 nitrogen and oxygen atoms in total. The van der Waals surface area contributed by atoms with Gasteiger partial charge < -0.3 is 38.6 Å². The number of carbonyl (C=O) groups excluding carboxylic acids is 1. The number of ether oxygens (including phenoxy) is 6. The van der Waals surface area contributed by atoms with E-state index in [2.05, 4.69) is 92.6 Å². The lowest BCUT2D eigenvalue weighted by Crippen LogP contribution is -2.48. The molecule has 0 amide bonds. The minimum Gasteiger partial charge on any atom is -0.493 e. The smallest absolute Gasteiger partial charge is 0.161 e. The van der Waals surface area contributed by atoms with Gasteiger partial charge in [0.15, 0.2) is 34.5 Å². The third-order valence-corrected chi connectivity index (χ3v) is 15.9. The lowest BCUT2D eigenvalue weighted by molar-refractivity contribution is -0.129. The Morgan fingerprint density at radius 3 is 1.05 bits per heavy atom. The van der Waals surface area contributed by atoms with Crippen LogP contribution >= 0.6 is 0 Å². The standard InChI is InChI=1S/2C19H29NO3.C19H27NO3.6CH4/c3*1-12(2)7-14-11-20-6-5-13-8-18(22-3)19(23-4)9-15(13)16(20)10-17(14)21;;;;;;/h2*8-9,12,14,16-17,21H,5-7,10-11H2,1-4H3;8-9,12,14,16H,5-7,10-11H2,1-4H3;6*1H4/t14-,16-,17+;;;;;;;;/m1......../s1. The molecule has 8 atom stereocenters. The van der Waals surface area contributed by atoms with Crippen LogP contribution in [0.3, 0.4) is 0 Å². The van der Waals surface area contributed by atoms with Crippen molar-refractivity contribution in [2.24, 2.45) is 35.5 Å². The topological polar surface area (TPSA) is 123 Å². The van der Waals surface area contributed by atoms with Crippen LogP contribution in [0.2, 0.25) is 0 Å². The molecule has 3 aromatic rings. The number of nitrogens with zero attached hydrogens (tertiary/aromatic N) is 3. The fourth-order valence-corrected chi connectivity index (χ4v) is 12.6. The van der Waals surface area contributed by atoms with E-state index in [4.69, 9.17) is 28.4 Å². The minimum absolute atomic E-state index is 0. The summed E-state index contributed by atoms with van der Waals surface area (Å²) in [7, 11) is 10.1. The Balaban J connectivity index is 0.000000541. The molecule has 0 aliphatic carbocycles. The number of ketones is 1. The summed E-state index contributed by atoms with van der Waals surface area (Å²) in [4.78, 5) is 20.2. The summed E-state index contributed by atoms with van der Waals surface area (Å²) in [6.45, 7) is 19.4. The normalized spacial score (nSPS) is 24.3. The minimum atomic E-state index is -0.210. The fraction of sp³-hybridized carbons (Fsp3) is 0.698. The predicted molar refractivity (Wildman–Crippen MR) is 313 cm³/mol. The number of aliphatic hydroxyl groups is 2. The molecular weight excluding hydrogens is 943 g/mol. The van der Waals surface area contributed by atoms with E-state index in [0.717, 1.165) is 125 Å². The molecule has 6 aliphatic heterocycles. The Morgan fingerprint density at radius 2 is 0.747 bits per heavy atom. The zero-order valence-corrected chi connectivity index (χ0v) is 44.0. The van der Waals surface area contributed by atoms with Gasteiger partial charge in [-0.1, -0.05) is 86.1 Å². The maximum absolute atomic E-state index is 12.6. The van der Waals surface area contributed by atoms with Crippen LogP contribution in [-0.4, -0.2) is 125 Å². The van der Waals surface area contributed by atoms with Gasteiger partial charge in [0.05, 0.1) is 54.9 Å². The van der Waals surface area contributed by atoms with Crippen molar-refractivity contribution in [3.05, 3.63) is 69.8 Å². The zero-order valence-electron chi connectivity index (χ0n) is 44.0. The Kier molecular flexibility index (Phi) is 28.3. The summed E-state index contributed by atoms with van der Waals surface area (Å²) in [5, 5.41) is 21.3. The Bertz CT molecular complexity index is 2100. The fourth-order valence-electron chi connectivity index (χ4n) is 12.6. The average molecular weight is 1050 g/mol. The van der Waals surface area contributed by atoms with E-state index in [1.165, 1.54) is 33.4 Å². The molecule has 3 aromatic carbocycles. The first-order valence-corrected chi connectivity index (χ1v) is 25.9. The zero-order chi connectivity index (χ0) is 49.7. The first kappa shape index (κ1) is 68.9. The number of benzene rings is 3. The highest BCUT2D eigenvalue weighted by Crippen LogP contribution is 2.46. The van der Waals surface area contributed by atoms with Crippen LogP contribution in [0.5, 0.6) is 34.5 Å². The second-order valence-corrected chi connectivity index (χ2v) is 21.9. The first-order valence-electron chi connectivity index (χ1n) is 25.9.